The second kappa shape index (κ2) is 5.73. The molecule has 104 valence electrons. The number of carboxylic acid groups (broad SMARTS) is 1. The topological polar surface area (TPSA) is 72.5 Å². The lowest BCUT2D eigenvalue weighted by Crippen LogP contribution is -2.02. The SMILES string of the molecule is Cc1ccc(Oc2c(Cl)cc(N)cc2C(=O)O)c(Br)c1. The van der Waals surface area contributed by atoms with Crippen LogP contribution >= 0.6 is 27.5 Å². The van der Waals surface area contributed by atoms with Crippen molar-refractivity contribution < 1.29 is 14.6 Å². The van der Waals surface area contributed by atoms with Gasteiger partial charge in [0, 0.05) is 5.69 Å². The number of carboxylic acids is 1. The fraction of sp³-hybridized carbons (Fsp3) is 0.0714. The number of hydrogen-bond acceptors (Lipinski definition) is 3. The zero-order chi connectivity index (χ0) is 14.9. The number of halogens is 2. The Kier molecular flexibility index (Phi) is 4.20. The highest BCUT2D eigenvalue weighted by Crippen LogP contribution is 2.38. The number of anilines is 1. The molecule has 20 heavy (non-hydrogen) atoms. The number of nitrogens with two attached hydrogens (primary N) is 1. The van der Waals surface area contributed by atoms with Crippen LogP contribution in [0, 0.1) is 6.92 Å². The van der Waals surface area contributed by atoms with Crippen LogP contribution in [0.15, 0.2) is 34.8 Å². The first-order valence-electron chi connectivity index (χ1n) is 5.65. The molecule has 2 rings (SSSR count). The quantitative estimate of drug-likeness (QED) is 0.795. The molecule has 0 saturated carbocycles. The van der Waals surface area contributed by atoms with Gasteiger partial charge in [0.15, 0.2) is 5.75 Å². The largest absolute Gasteiger partial charge is 0.478 e. The van der Waals surface area contributed by atoms with Crippen LogP contribution in [-0.2, 0) is 0 Å². The molecule has 0 atom stereocenters. The molecule has 0 amide bonds. The van der Waals surface area contributed by atoms with E-state index in [1.165, 1.54) is 12.1 Å². The van der Waals surface area contributed by atoms with Crippen LogP contribution in [0.5, 0.6) is 11.5 Å². The minimum atomic E-state index is -1.16. The van der Waals surface area contributed by atoms with E-state index in [-0.39, 0.29) is 22.0 Å². The van der Waals surface area contributed by atoms with E-state index in [0.717, 1.165) is 5.56 Å². The Morgan fingerprint density at radius 2 is 2.05 bits per heavy atom. The van der Waals surface area contributed by atoms with E-state index in [9.17, 15) is 9.90 Å². The van der Waals surface area contributed by atoms with E-state index in [4.69, 9.17) is 22.1 Å². The number of benzene rings is 2. The summed E-state index contributed by atoms with van der Waals surface area (Å²) in [5.74, 6) is -0.611. The highest BCUT2D eigenvalue weighted by Gasteiger charge is 2.18. The molecule has 0 fully saturated rings. The number of aryl methyl sites for hydroxylation is 1. The zero-order valence-electron chi connectivity index (χ0n) is 10.5. The maximum absolute atomic E-state index is 11.2. The summed E-state index contributed by atoms with van der Waals surface area (Å²) >= 11 is 9.39. The van der Waals surface area contributed by atoms with Crippen LogP contribution < -0.4 is 10.5 Å². The molecule has 0 unspecified atom stereocenters. The third-order valence-corrected chi connectivity index (χ3v) is 3.50. The molecule has 6 heteroatoms. The first-order chi connectivity index (χ1) is 9.38. The Labute approximate surface area is 129 Å². The second-order valence-corrected chi connectivity index (χ2v) is 5.48. The van der Waals surface area contributed by atoms with Crippen LogP contribution in [0.25, 0.3) is 0 Å². The zero-order valence-corrected chi connectivity index (χ0v) is 12.8. The predicted octanol–water partition coefficient (Wildman–Crippen LogP) is 4.48. The highest BCUT2D eigenvalue weighted by atomic mass is 79.9. The van der Waals surface area contributed by atoms with Crippen molar-refractivity contribution in [2.45, 2.75) is 6.92 Å². The van der Waals surface area contributed by atoms with Crippen molar-refractivity contribution in [1.29, 1.82) is 0 Å². The van der Waals surface area contributed by atoms with Crippen molar-refractivity contribution in [3.8, 4) is 11.5 Å². The van der Waals surface area contributed by atoms with E-state index >= 15 is 0 Å². The molecule has 2 aromatic rings. The molecule has 0 radical (unpaired) electrons. The molecule has 0 heterocycles. The Bertz CT molecular complexity index is 688. The molecule has 0 spiro atoms. The Morgan fingerprint density at radius 3 is 2.65 bits per heavy atom. The predicted molar refractivity (Wildman–Crippen MR) is 81.8 cm³/mol. The summed E-state index contributed by atoms with van der Waals surface area (Å²) in [6.45, 7) is 1.94. The Hall–Kier alpha value is -1.72. The standard InChI is InChI=1S/C14H11BrClNO3/c1-7-2-3-12(10(15)4-7)20-13-9(14(18)19)5-8(17)6-11(13)16/h2-6H,17H2,1H3,(H,18,19). The molecule has 0 aliphatic heterocycles. The van der Waals surface area contributed by atoms with Gasteiger partial charge in [0.05, 0.1) is 9.50 Å². The van der Waals surface area contributed by atoms with Gasteiger partial charge < -0.3 is 15.6 Å². The summed E-state index contributed by atoms with van der Waals surface area (Å²) in [4.78, 5) is 11.2. The average Bonchev–Trinajstić information content (AvgIpc) is 2.34. The van der Waals surface area contributed by atoms with Gasteiger partial charge in [-0.05, 0) is 52.7 Å². The summed E-state index contributed by atoms with van der Waals surface area (Å²) in [6.07, 6.45) is 0. The number of hydrogen-bond donors (Lipinski definition) is 2. The van der Waals surface area contributed by atoms with Crippen molar-refractivity contribution in [2.75, 3.05) is 5.73 Å². The third-order valence-electron chi connectivity index (χ3n) is 2.60. The van der Waals surface area contributed by atoms with Crippen LogP contribution in [0.1, 0.15) is 15.9 Å². The first kappa shape index (κ1) is 14.7. The third kappa shape index (κ3) is 3.05. The maximum Gasteiger partial charge on any atom is 0.339 e. The van der Waals surface area contributed by atoms with Crippen LogP contribution in [0.3, 0.4) is 0 Å². The lowest BCUT2D eigenvalue weighted by Gasteiger charge is -2.13. The van der Waals surface area contributed by atoms with Crippen molar-refractivity contribution in [2.24, 2.45) is 0 Å². The fourth-order valence-electron chi connectivity index (χ4n) is 1.68. The first-order valence-corrected chi connectivity index (χ1v) is 6.82. The van der Waals surface area contributed by atoms with E-state index in [1.54, 1.807) is 6.07 Å². The molecular formula is C14H11BrClNO3. The van der Waals surface area contributed by atoms with Gasteiger partial charge in [-0.25, -0.2) is 4.79 Å². The van der Waals surface area contributed by atoms with Crippen LogP contribution in [0.4, 0.5) is 5.69 Å². The second-order valence-electron chi connectivity index (χ2n) is 4.22. The Balaban J connectivity index is 2.50. The highest BCUT2D eigenvalue weighted by molar-refractivity contribution is 9.10. The van der Waals surface area contributed by atoms with Gasteiger partial charge in [-0.1, -0.05) is 17.7 Å². The molecule has 0 aliphatic carbocycles. The fourth-order valence-corrected chi connectivity index (χ4v) is 2.52. The molecular weight excluding hydrogens is 346 g/mol. The van der Waals surface area contributed by atoms with Crippen molar-refractivity contribution in [3.63, 3.8) is 0 Å². The number of nitrogen functional groups attached to an aromatic ring is 1. The smallest absolute Gasteiger partial charge is 0.339 e. The van der Waals surface area contributed by atoms with E-state index in [1.807, 2.05) is 19.1 Å². The van der Waals surface area contributed by atoms with Gasteiger partial charge in [-0.2, -0.15) is 0 Å². The minimum absolute atomic E-state index is 0.0675. The van der Waals surface area contributed by atoms with Gasteiger partial charge in [0.2, 0.25) is 0 Å². The van der Waals surface area contributed by atoms with E-state index < -0.39 is 5.97 Å². The summed E-state index contributed by atoms with van der Waals surface area (Å²) in [6, 6.07) is 8.21. The maximum atomic E-state index is 11.2. The molecule has 0 aromatic heterocycles. The van der Waals surface area contributed by atoms with E-state index in [2.05, 4.69) is 15.9 Å². The molecule has 0 bridgehead atoms. The number of carbonyl (C=O) groups is 1. The molecule has 0 saturated heterocycles. The van der Waals surface area contributed by atoms with Gasteiger partial charge >= 0.3 is 5.97 Å². The van der Waals surface area contributed by atoms with Gasteiger partial charge in [-0.3, -0.25) is 0 Å². The van der Waals surface area contributed by atoms with Crippen LogP contribution in [-0.4, -0.2) is 11.1 Å². The Morgan fingerprint density at radius 1 is 1.35 bits per heavy atom. The van der Waals surface area contributed by atoms with Crippen molar-refractivity contribution >= 4 is 39.2 Å². The summed E-state index contributed by atoms with van der Waals surface area (Å²) in [5.41, 5.74) is 6.83. The lowest BCUT2D eigenvalue weighted by atomic mass is 10.1. The number of aromatic carboxylic acids is 1. The summed E-state index contributed by atoms with van der Waals surface area (Å²) < 4.78 is 6.34. The van der Waals surface area contributed by atoms with Gasteiger partial charge in [0.25, 0.3) is 0 Å². The lowest BCUT2D eigenvalue weighted by molar-refractivity contribution is 0.0694. The molecule has 2 aromatic carbocycles. The number of rotatable bonds is 3. The van der Waals surface area contributed by atoms with Crippen molar-refractivity contribution in [3.05, 3.63) is 51.0 Å². The van der Waals surface area contributed by atoms with Gasteiger partial charge in [0.1, 0.15) is 11.3 Å². The monoisotopic (exact) mass is 355 g/mol. The molecule has 0 aliphatic rings. The minimum Gasteiger partial charge on any atom is -0.478 e. The van der Waals surface area contributed by atoms with Crippen LogP contribution in [0.2, 0.25) is 5.02 Å². The molecule has 4 nitrogen and oxygen atoms in total. The normalized spacial score (nSPS) is 10.3. The van der Waals surface area contributed by atoms with E-state index in [0.29, 0.717) is 10.2 Å². The summed E-state index contributed by atoms with van der Waals surface area (Å²) in [5, 5.41) is 9.35. The number of ether oxygens (including phenoxy) is 1. The van der Waals surface area contributed by atoms with Crippen molar-refractivity contribution in [1.82, 2.24) is 0 Å². The molecule has 3 N–H and O–H groups in total. The van der Waals surface area contributed by atoms with Gasteiger partial charge in [-0.15, -0.1) is 0 Å². The average molecular weight is 357 g/mol. The summed E-state index contributed by atoms with van der Waals surface area (Å²) in [7, 11) is 0.